The van der Waals surface area contributed by atoms with Crippen molar-refractivity contribution in [2.24, 2.45) is 11.1 Å². The Balaban J connectivity index is 2.05. The molecule has 5 heteroatoms. The standard InChI is InChI=1S/C13H22N4O/c1-3-6-18-12-8-15-7-11(16-12)17-5-4-13(2,9-14)10-17/h7-8H,3-6,9-10,14H2,1-2H3. The monoisotopic (exact) mass is 250 g/mol. The summed E-state index contributed by atoms with van der Waals surface area (Å²) in [5, 5.41) is 0. The van der Waals surface area contributed by atoms with Crippen molar-refractivity contribution in [1.29, 1.82) is 0 Å². The quantitative estimate of drug-likeness (QED) is 0.856. The van der Waals surface area contributed by atoms with Gasteiger partial charge < -0.3 is 15.4 Å². The largest absolute Gasteiger partial charge is 0.477 e. The third-order valence-corrected chi connectivity index (χ3v) is 3.43. The van der Waals surface area contributed by atoms with Gasteiger partial charge in [-0.3, -0.25) is 4.98 Å². The molecule has 1 aliphatic rings. The first-order chi connectivity index (χ1) is 8.67. The number of anilines is 1. The first-order valence-corrected chi connectivity index (χ1v) is 6.57. The molecule has 1 saturated heterocycles. The highest BCUT2D eigenvalue weighted by atomic mass is 16.5. The highest BCUT2D eigenvalue weighted by molar-refractivity contribution is 5.39. The van der Waals surface area contributed by atoms with Crippen LogP contribution in [0.2, 0.25) is 0 Å². The second kappa shape index (κ2) is 5.52. The van der Waals surface area contributed by atoms with Crippen molar-refractivity contribution in [3.05, 3.63) is 12.4 Å². The number of ether oxygens (including phenoxy) is 1. The van der Waals surface area contributed by atoms with Crippen LogP contribution in [-0.2, 0) is 0 Å². The van der Waals surface area contributed by atoms with E-state index in [1.807, 2.05) is 0 Å². The molecule has 2 N–H and O–H groups in total. The summed E-state index contributed by atoms with van der Waals surface area (Å²) in [5.74, 6) is 1.50. The van der Waals surface area contributed by atoms with Crippen molar-refractivity contribution in [2.75, 3.05) is 31.1 Å². The van der Waals surface area contributed by atoms with Crippen molar-refractivity contribution >= 4 is 5.82 Å². The van der Waals surface area contributed by atoms with Crippen LogP contribution in [0.15, 0.2) is 12.4 Å². The molecule has 1 aromatic heterocycles. The van der Waals surface area contributed by atoms with Gasteiger partial charge in [-0.05, 0) is 24.8 Å². The first-order valence-electron chi connectivity index (χ1n) is 6.57. The Kier molecular flexibility index (Phi) is 4.01. The van der Waals surface area contributed by atoms with Crippen molar-refractivity contribution in [3.63, 3.8) is 0 Å². The summed E-state index contributed by atoms with van der Waals surface area (Å²) >= 11 is 0. The molecular formula is C13H22N4O. The van der Waals surface area contributed by atoms with Crippen LogP contribution in [-0.4, -0.2) is 36.2 Å². The van der Waals surface area contributed by atoms with Gasteiger partial charge in [-0.1, -0.05) is 13.8 Å². The lowest BCUT2D eigenvalue weighted by Crippen LogP contribution is -2.31. The normalized spacial score (nSPS) is 23.4. The minimum Gasteiger partial charge on any atom is -0.477 e. The van der Waals surface area contributed by atoms with Gasteiger partial charge in [0.15, 0.2) is 5.82 Å². The van der Waals surface area contributed by atoms with E-state index >= 15 is 0 Å². The van der Waals surface area contributed by atoms with E-state index in [2.05, 4.69) is 28.7 Å². The van der Waals surface area contributed by atoms with Crippen molar-refractivity contribution < 1.29 is 4.74 Å². The lowest BCUT2D eigenvalue weighted by Gasteiger charge is -2.23. The lowest BCUT2D eigenvalue weighted by atomic mass is 9.90. The lowest BCUT2D eigenvalue weighted by molar-refractivity contribution is 0.304. The zero-order valence-corrected chi connectivity index (χ0v) is 11.2. The van der Waals surface area contributed by atoms with Crippen LogP contribution in [0.4, 0.5) is 5.82 Å². The fraction of sp³-hybridized carbons (Fsp3) is 0.692. The second-order valence-corrected chi connectivity index (χ2v) is 5.25. The van der Waals surface area contributed by atoms with E-state index < -0.39 is 0 Å². The van der Waals surface area contributed by atoms with Crippen LogP contribution in [0.1, 0.15) is 26.7 Å². The molecule has 100 valence electrons. The number of hydrogen-bond donors (Lipinski definition) is 1. The molecule has 2 rings (SSSR count). The molecule has 1 aromatic rings. The van der Waals surface area contributed by atoms with Gasteiger partial charge in [-0.25, -0.2) is 0 Å². The number of nitrogens with zero attached hydrogens (tertiary/aromatic N) is 3. The van der Waals surface area contributed by atoms with Gasteiger partial charge in [0.05, 0.1) is 19.0 Å². The Bertz CT molecular complexity index is 398. The number of rotatable bonds is 5. The zero-order valence-electron chi connectivity index (χ0n) is 11.2. The molecular weight excluding hydrogens is 228 g/mol. The summed E-state index contributed by atoms with van der Waals surface area (Å²) in [6.07, 6.45) is 5.53. The van der Waals surface area contributed by atoms with E-state index in [9.17, 15) is 0 Å². The summed E-state index contributed by atoms with van der Waals surface area (Å²) in [5.41, 5.74) is 6.01. The summed E-state index contributed by atoms with van der Waals surface area (Å²) < 4.78 is 5.51. The van der Waals surface area contributed by atoms with E-state index in [4.69, 9.17) is 10.5 Å². The topological polar surface area (TPSA) is 64.3 Å². The molecule has 1 unspecified atom stereocenters. The molecule has 1 atom stereocenters. The molecule has 1 fully saturated rings. The first kappa shape index (κ1) is 13.1. The molecule has 0 amide bonds. The predicted molar refractivity (Wildman–Crippen MR) is 71.8 cm³/mol. The number of aromatic nitrogens is 2. The molecule has 0 spiro atoms. The SMILES string of the molecule is CCCOc1cncc(N2CCC(C)(CN)C2)n1. The molecule has 18 heavy (non-hydrogen) atoms. The van der Waals surface area contributed by atoms with Gasteiger partial charge in [-0.15, -0.1) is 0 Å². The fourth-order valence-corrected chi connectivity index (χ4v) is 2.15. The Morgan fingerprint density at radius 1 is 1.50 bits per heavy atom. The minimum atomic E-state index is 0.196. The Morgan fingerprint density at radius 2 is 2.33 bits per heavy atom. The van der Waals surface area contributed by atoms with Crippen LogP contribution in [0, 0.1) is 5.41 Å². The number of hydrogen-bond acceptors (Lipinski definition) is 5. The molecule has 5 nitrogen and oxygen atoms in total. The van der Waals surface area contributed by atoms with Gasteiger partial charge in [0, 0.05) is 13.1 Å². The van der Waals surface area contributed by atoms with Crippen molar-refractivity contribution in [2.45, 2.75) is 26.7 Å². The van der Waals surface area contributed by atoms with Crippen LogP contribution >= 0.6 is 0 Å². The summed E-state index contributed by atoms with van der Waals surface area (Å²) in [7, 11) is 0. The molecule has 0 aromatic carbocycles. The van der Waals surface area contributed by atoms with E-state index in [-0.39, 0.29) is 5.41 Å². The Labute approximate surface area is 108 Å². The molecule has 1 aliphatic heterocycles. The average molecular weight is 250 g/mol. The summed E-state index contributed by atoms with van der Waals surface area (Å²) in [6.45, 7) is 7.61. The van der Waals surface area contributed by atoms with Crippen LogP contribution in [0.25, 0.3) is 0 Å². The molecule has 2 heterocycles. The third-order valence-electron chi connectivity index (χ3n) is 3.43. The van der Waals surface area contributed by atoms with Gasteiger partial charge in [0.2, 0.25) is 5.88 Å². The Hall–Kier alpha value is -1.36. The predicted octanol–water partition coefficient (Wildman–Crippen LogP) is 1.44. The zero-order chi connectivity index (χ0) is 13.0. The highest BCUT2D eigenvalue weighted by Gasteiger charge is 2.33. The van der Waals surface area contributed by atoms with Gasteiger partial charge in [0.1, 0.15) is 0 Å². The van der Waals surface area contributed by atoms with Crippen molar-refractivity contribution in [3.8, 4) is 5.88 Å². The maximum Gasteiger partial charge on any atom is 0.234 e. The van der Waals surface area contributed by atoms with Gasteiger partial charge in [0.25, 0.3) is 0 Å². The van der Waals surface area contributed by atoms with Crippen LogP contribution in [0.5, 0.6) is 5.88 Å². The summed E-state index contributed by atoms with van der Waals surface area (Å²) in [4.78, 5) is 10.9. The van der Waals surface area contributed by atoms with E-state index in [0.717, 1.165) is 31.7 Å². The second-order valence-electron chi connectivity index (χ2n) is 5.25. The highest BCUT2D eigenvalue weighted by Crippen LogP contribution is 2.31. The average Bonchev–Trinajstić information content (AvgIpc) is 2.80. The van der Waals surface area contributed by atoms with Crippen molar-refractivity contribution in [1.82, 2.24) is 9.97 Å². The Morgan fingerprint density at radius 3 is 3.00 bits per heavy atom. The van der Waals surface area contributed by atoms with Crippen LogP contribution < -0.4 is 15.4 Å². The van der Waals surface area contributed by atoms with E-state index in [1.165, 1.54) is 0 Å². The fourth-order valence-electron chi connectivity index (χ4n) is 2.15. The third kappa shape index (κ3) is 2.90. The molecule has 0 bridgehead atoms. The summed E-state index contributed by atoms with van der Waals surface area (Å²) in [6, 6.07) is 0. The maximum atomic E-state index is 5.82. The molecule has 0 saturated carbocycles. The molecule has 0 radical (unpaired) electrons. The number of nitrogens with two attached hydrogens (primary N) is 1. The molecule has 0 aliphatic carbocycles. The maximum absolute atomic E-state index is 5.82. The smallest absolute Gasteiger partial charge is 0.234 e. The van der Waals surface area contributed by atoms with E-state index in [0.29, 0.717) is 19.0 Å². The minimum absolute atomic E-state index is 0.196. The van der Waals surface area contributed by atoms with Gasteiger partial charge >= 0.3 is 0 Å². The van der Waals surface area contributed by atoms with E-state index in [1.54, 1.807) is 12.4 Å². The van der Waals surface area contributed by atoms with Crippen LogP contribution in [0.3, 0.4) is 0 Å². The van der Waals surface area contributed by atoms with Gasteiger partial charge in [-0.2, -0.15) is 4.98 Å².